The van der Waals surface area contributed by atoms with Crippen LogP contribution in [0, 0.1) is 6.92 Å². The molecule has 0 N–H and O–H groups in total. The highest BCUT2D eigenvalue weighted by atomic mass is 32.1. The molecule has 5 rings (SSSR count). The van der Waals surface area contributed by atoms with Gasteiger partial charge in [0.1, 0.15) is 11.6 Å². The first kappa shape index (κ1) is 19.2. The van der Waals surface area contributed by atoms with E-state index in [2.05, 4.69) is 26.7 Å². The predicted molar refractivity (Wildman–Crippen MR) is 118 cm³/mol. The molecule has 8 nitrogen and oxygen atoms in total. The fraction of sp³-hybridized carbons (Fsp3) is 0.429. The van der Waals surface area contributed by atoms with Crippen molar-refractivity contribution in [3.63, 3.8) is 0 Å². The van der Waals surface area contributed by atoms with E-state index in [0.717, 1.165) is 48.7 Å². The van der Waals surface area contributed by atoms with E-state index < -0.39 is 0 Å². The zero-order valence-electron chi connectivity index (χ0n) is 17.0. The Kier molecular flexibility index (Phi) is 5.22. The van der Waals surface area contributed by atoms with E-state index >= 15 is 0 Å². The lowest BCUT2D eigenvalue weighted by Crippen LogP contribution is -2.49. The zero-order chi connectivity index (χ0) is 20.5. The van der Waals surface area contributed by atoms with Crippen molar-refractivity contribution in [2.45, 2.75) is 6.92 Å². The van der Waals surface area contributed by atoms with Crippen LogP contribution in [0.4, 0.5) is 11.6 Å². The standard InChI is InChI=1S/C21H24N6O2S/c1-15-18-16(14-30-15)23-19(24-20(18)26-10-12-29-13-11-26)21(28)27-8-6-25(7-9-27)17-4-2-3-5-22-17/h2-5,14H,6-13H2,1H3. The molecule has 2 aliphatic rings. The number of piperazine rings is 1. The Labute approximate surface area is 179 Å². The molecule has 2 saturated heterocycles. The second-order valence-corrected chi connectivity index (χ2v) is 8.57. The van der Waals surface area contributed by atoms with Crippen molar-refractivity contribution in [3.8, 4) is 0 Å². The first-order valence-electron chi connectivity index (χ1n) is 10.2. The Morgan fingerprint density at radius 3 is 2.57 bits per heavy atom. The summed E-state index contributed by atoms with van der Waals surface area (Å²) in [4.78, 5) is 34.5. The number of carbonyl (C=O) groups is 1. The minimum atomic E-state index is -0.101. The fourth-order valence-corrected chi connectivity index (χ4v) is 4.79. The van der Waals surface area contributed by atoms with Gasteiger partial charge in [-0.25, -0.2) is 15.0 Å². The van der Waals surface area contributed by atoms with Crippen molar-refractivity contribution >= 4 is 39.8 Å². The molecule has 1 amide bonds. The monoisotopic (exact) mass is 424 g/mol. The van der Waals surface area contributed by atoms with Gasteiger partial charge >= 0.3 is 0 Å². The average Bonchev–Trinajstić information content (AvgIpc) is 3.20. The summed E-state index contributed by atoms with van der Waals surface area (Å²) in [6.45, 7) is 7.74. The largest absolute Gasteiger partial charge is 0.378 e. The summed E-state index contributed by atoms with van der Waals surface area (Å²) in [7, 11) is 0. The Bertz CT molecular complexity index is 1040. The van der Waals surface area contributed by atoms with Crippen LogP contribution in [0.5, 0.6) is 0 Å². The van der Waals surface area contributed by atoms with Gasteiger partial charge in [0.2, 0.25) is 5.82 Å². The first-order valence-corrected chi connectivity index (χ1v) is 11.1. The molecule has 5 heterocycles. The summed E-state index contributed by atoms with van der Waals surface area (Å²) < 4.78 is 5.50. The molecule has 30 heavy (non-hydrogen) atoms. The third kappa shape index (κ3) is 3.59. The lowest BCUT2D eigenvalue weighted by molar-refractivity contribution is 0.0734. The molecule has 2 aliphatic heterocycles. The molecule has 0 bridgehead atoms. The van der Waals surface area contributed by atoms with Gasteiger partial charge < -0.3 is 19.4 Å². The van der Waals surface area contributed by atoms with E-state index in [4.69, 9.17) is 9.72 Å². The molecule has 0 radical (unpaired) electrons. The molecule has 0 spiro atoms. The molecule has 0 aliphatic carbocycles. The van der Waals surface area contributed by atoms with Gasteiger partial charge in [0.25, 0.3) is 5.91 Å². The summed E-state index contributed by atoms with van der Waals surface area (Å²) >= 11 is 1.65. The SMILES string of the molecule is Cc1scc2nc(C(=O)N3CCN(c4ccccn4)CC3)nc(N3CCOCC3)c12. The van der Waals surface area contributed by atoms with Crippen LogP contribution in [0.2, 0.25) is 0 Å². The van der Waals surface area contributed by atoms with Gasteiger partial charge in [-0.1, -0.05) is 6.07 Å². The maximum Gasteiger partial charge on any atom is 0.291 e. The molecular weight excluding hydrogens is 400 g/mol. The zero-order valence-corrected chi connectivity index (χ0v) is 17.8. The van der Waals surface area contributed by atoms with Crippen LogP contribution in [-0.2, 0) is 4.74 Å². The number of rotatable bonds is 3. The summed E-state index contributed by atoms with van der Waals surface area (Å²) in [5, 5.41) is 3.07. The van der Waals surface area contributed by atoms with E-state index in [-0.39, 0.29) is 11.7 Å². The number of pyridine rings is 1. The molecule has 156 valence electrons. The van der Waals surface area contributed by atoms with Crippen LogP contribution in [-0.4, -0.2) is 78.2 Å². The molecule has 0 aromatic carbocycles. The normalized spacial score (nSPS) is 17.6. The Hall–Kier alpha value is -2.78. The van der Waals surface area contributed by atoms with Gasteiger partial charge in [0.05, 0.1) is 24.1 Å². The Balaban J connectivity index is 1.39. The number of aryl methyl sites for hydroxylation is 1. The van der Waals surface area contributed by atoms with Crippen molar-refractivity contribution in [1.29, 1.82) is 0 Å². The second-order valence-electron chi connectivity index (χ2n) is 7.49. The topological polar surface area (TPSA) is 74.7 Å². The molecule has 0 saturated carbocycles. The van der Waals surface area contributed by atoms with E-state index in [1.54, 1.807) is 17.5 Å². The minimum Gasteiger partial charge on any atom is -0.378 e. The van der Waals surface area contributed by atoms with Crippen LogP contribution in [0.15, 0.2) is 29.8 Å². The van der Waals surface area contributed by atoms with Crippen LogP contribution in [0.3, 0.4) is 0 Å². The number of morpholine rings is 1. The average molecular weight is 425 g/mol. The number of nitrogens with zero attached hydrogens (tertiary/aromatic N) is 6. The lowest BCUT2D eigenvalue weighted by atomic mass is 10.2. The number of amides is 1. The third-order valence-electron chi connectivity index (χ3n) is 5.66. The molecule has 3 aromatic heterocycles. The van der Waals surface area contributed by atoms with E-state index in [0.29, 0.717) is 26.3 Å². The maximum absolute atomic E-state index is 13.3. The van der Waals surface area contributed by atoms with Crippen molar-refractivity contribution in [3.05, 3.63) is 40.5 Å². The highest BCUT2D eigenvalue weighted by Gasteiger charge is 2.27. The smallest absolute Gasteiger partial charge is 0.291 e. The van der Waals surface area contributed by atoms with Crippen molar-refractivity contribution in [2.24, 2.45) is 0 Å². The second kappa shape index (κ2) is 8.16. The van der Waals surface area contributed by atoms with Crippen molar-refractivity contribution < 1.29 is 9.53 Å². The third-order valence-corrected chi connectivity index (χ3v) is 6.56. The first-order chi connectivity index (χ1) is 14.7. The molecule has 0 atom stereocenters. The molecule has 3 aromatic rings. The van der Waals surface area contributed by atoms with Gasteiger partial charge in [-0.15, -0.1) is 11.3 Å². The van der Waals surface area contributed by atoms with Crippen LogP contribution >= 0.6 is 11.3 Å². The number of hydrogen-bond acceptors (Lipinski definition) is 8. The Morgan fingerprint density at radius 1 is 1.03 bits per heavy atom. The molecular formula is C21H24N6O2S. The van der Waals surface area contributed by atoms with Gasteiger partial charge in [-0.05, 0) is 19.1 Å². The van der Waals surface area contributed by atoms with Gasteiger partial charge in [0.15, 0.2) is 0 Å². The quantitative estimate of drug-likeness (QED) is 0.638. The minimum absolute atomic E-state index is 0.101. The number of ether oxygens (including phenoxy) is 1. The highest BCUT2D eigenvalue weighted by Crippen LogP contribution is 2.32. The van der Waals surface area contributed by atoms with Gasteiger partial charge in [0, 0.05) is 55.7 Å². The van der Waals surface area contributed by atoms with Crippen molar-refractivity contribution in [1.82, 2.24) is 19.9 Å². The van der Waals surface area contributed by atoms with Crippen LogP contribution < -0.4 is 9.80 Å². The van der Waals surface area contributed by atoms with E-state index in [1.165, 1.54) is 4.88 Å². The van der Waals surface area contributed by atoms with E-state index in [1.807, 2.05) is 28.5 Å². The number of hydrogen-bond donors (Lipinski definition) is 0. The Morgan fingerprint density at radius 2 is 1.83 bits per heavy atom. The van der Waals surface area contributed by atoms with Gasteiger partial charge in [-0.3, -0.25) is 4.79 Å². The summed E-state index contributed by atoms with van der Waals surface area (Å²) in [5.41, 5.74) is 0.851. The predicted octanol–water partition coefficient (Wildman–Crippen LogP) is 2.19. The number of carbonyl (C=O) groups excluding carboxylic acids is 1. The lowest BCUT2D eigenvalue weighted by Gasteiger charge is -2.35. The summed E-state index contributed by atoms with van der Waals surface area (Å²) in [6, 6.07) is 5.90. The van der Waals surface area contributed by atoms with Crippen molar-refractivity contribution in [2.75, 3.05) is 62.3 Å². The molecule has 9 heteroatoms. The van der Waals surface area contributed by atoms with Crippen LogP contribution in [0.25, 0.3) is 10.9 Å². The van der Waals surface area contributed by atoms with Crippen LogP contribution in [0.1, 0.15) is 15.5 Å². The molecule has 2 fully saturated rings. The number of thiophene rings is 1. The summed E-state index contributed by atoms with van der Waals surface area (Å²) in [5.74, 6) is 1.99. The summed E-state index contributed by atoms with van der Waals surface area (Å²) in [6.07, 6.45) is 1.80. The number of anilines is 2. The number of fused-ring (bicyclic) bond motifs is 1. The fourth-order valence-electron chi connectivity index (χ4n) is 4.01. The number of aromatic nitrogens is 3. The highest BCUT2D eigenvalue weighted by molar-refractivity contribution is 7.11. The molecule has 0 unspecified atom stereocenters. The maximum atomic E-state index is 13.3. The van der Waals surface area contributed by atoms with E-state index in [9.17, 15) is 4.79 Å². The van der Waals surface area contributed by atoms with Gasteiger partial charge in [-0.2, -0.15) is 0 Å².